The number of non-ortho nitro benzene ring substituents is 1. The first-order valence-corrected chi connectivity index (χ1v) is 11.2. The standard InChI is InChI=1S/C22H23N5O3.C4H4O4/c1-15-19(22(28)23-13-14-26(2)3)20(16-9-11-18(12-10-16)27(29)30)25-21(24-15)17-7-5-4-6-8-17;5-3(6)1-2-4(7)8/h4-12H,13-14H2,1-3H3,(H,23,28);1-2H,(H,5,6)(H,7,8). The molecule has 1 aromatic heterocycles. The molecule has 3 aromatic rings. The van der Waals surface area contributed by atoms with Crippen LogP contribution in [0.25, 0.3) is 22.6 Å². The zero-order chi connectivity index (χ0) is 28.2. The number of nitro benzene ring substituents is 1. The molecule has 3 N–H and O–H groups in total. The number of benzene rings is 2. The van der Waals surface area contributed by atoms with Crippen LogP contribution in [0.4, 0.5) is 5.69 Å². The van der Waals surface area contributed by atoms with Crippen LogP contribution in [0.2, 0.25) is 0 Å². The van der Waals surface area contributed by atoms with Gasteiger partial charge in [0.25, 0.3) is 11.6 Å². The first-order chi connectivity index (χ1) is 18.0. The number of aryl methyl sites for hydroxylation is 1. The summed E-state index contributed by atoms with van der Waals surface area (Å²) in [6.45, 7) is 2.94. The zero-order valence-electron chi connectivity index (χ0n) is 21.0. The van der Waals surface area contributed by atoms with E-state index >= 15 is 0 Å². The van der Waals surface area contributed by atoms with Gasteiger partial charge in [-0.1, -0.05) is 30.3 Å². The Balaban J connectivity index is 0.000000550. The highest BCUT2D eigenvalue weighted by Crippen LogP contribution is 2.28. The average molecular weight is 522 g/mol. The third-order valence-electron chi connectivity index (χ3n) is 4.91. The van der Waals surface area contributed by atoms with Crippen LogP contribution in [0.15, 0.2) is 66.7 Å². The van der Waals surface area contributed by atoms with Crippen LogP contribution in [-0.2, 0) is 9.59 Å². The van der Waals surface area contributed by atoms with E-state index in [1.165, 1.54) is 12.1 Å². The maximum Gasteiger partial charge on any atom is 0.328 e. The molecule has 198 valence electrons. The summed E-state index contributed by atoms with van der Waals surface area (Å²) >= 11 is 0. The van der Waals surface area contributed by atoms with Crippen molar-refractivity contribution in [3.05, 3.63) is 88.1 Å². The summed E-state index contributed by atoms with van der Waals surface area (Å²) < 4.78 is 0. The Morgan fingerprint density at radius 1 is 0.947 bits per heavy atom. The molecule has 3 rings (SSSR count). The number of hydrogen-bond acceptors (Lipinski definition) is 8. The van der Waals surface area contributed by atoms with Crippen molar-refractivity contribution in [2.45, 2.75) is 6.92 Å². The van der Waals surface area contributed by atoms with Gasteiger partial charge in [0.15, 0.2) is 5.82 Å². The van der Waals surface area contributed by atoms with Gasteiger partial charge in [-0.05, 0) is 33.2 Å². The van der Waals surface area contributed by atoms with Crippen LogP contribution < -0.4 is 5.32 Å². The van der Waals surface area contributed by atoms with Gasteiger partial charge in [-0.15, -0.1) is 0 Å². The molecule has 0 bridgehead atoms. The van der Waals surface area contributed by atoms with E-state index < -0.39 is 16.9 Å². The molecule has 0 fully saturated rings. The Bertz CT molecular complexity index is 1310. The molecule has 0 saturated heterocycles. The number of hydrogen-bond donors (Lipinski definition) is 3. The van der Waals surface area contributed by atoms with Crippen LogP contribution in [0.1, 0.15) is 16.1 Å². The minimum absolute atomic E-state index is 0.0233. The van der Waals surface area contributed by atoms with Crippen LogP contribution in [0, 0.1) is 17.0 Å². The summed E-state index contributed by atoms with van der Waals surface area (Å²) in [5.41, 5.74) is 2.76. The second kappa shape index (κ2) is 13.9. The summed E-state index contributed by atoms with van der Waals surface area (Å²) in [4.78, 5) is 53.8. The van der Waals surface area contributed by atoms with Crippen molar-refractivity contribution in [1.82, 2.24) is 20.2 Å². The number of amides is 1. The average Bonchev–Trinajstić information content (AvgIpc) is 2.87. The number of rotatable bonds is 9. The number of carbonyl (C=O) groups is 3. The third kappa shape index (κ3) is 8.91. The Morgan fingerprint density at radius 2 is 1.53 bits per heavy atom. The van der Waals surface area contributed by atoms with Crippen molar-refractivity contribution in [1.29, 1.82) is 0 Å². The van der Waals surface area contributed by atoms with Gasteiger partial charge < -0.3 is 20.4 Å². The third-order valence-corrected chi connectivity index (χ3v) is 4.91. The van der Waals surface area contributed by atoms with E-state index in [-0.39, 0.29) is 11.6 Å². The lowest BCUT2D eigenvalue weighted by atomic mass is 10.0. The molecular weight excluding hydrogens is 494 g/mol. The monoisotopic (exact) mass is 521 g/mol. The quantitative estimate of drug-likeness (QED) is 0.215. The smallest absolute Gasteiger partial charge is 0.328 e. The highest BCUT2D eigenvalue weighted by molar-refractivity contribution is 6.01. The molecule has 0 aliphatic heterocycles. The van der Waals surface area contributed by atoms with Crippen LogP contribution in [-0.4, -0.2) is 75.0 Å². The van der Waals surface area contributed by atoms with E-state index in [9.17, 15) is 24.5 Å². The van der Waals surface area contributed by atoms with Crippen LogP contribution >= 0.6 is 0 Å². The maximum atomic E-state index is 12.9. The maximum absolute atomic E-state index is 12.9. The summed E-state index contributed by atoms with van der Waals surface area (Å²) in [6.07, 6.45) is 1.12. The Morgan fingerprint density at radius 3 is 2.03 bits per heavy atom. The van der Waals surface area contributed by atoms with Gasteiger partial charge in [-0.2, -0.15) is 0 Å². The molecule has 12 nitrogen and oxygen atoms in total. The van der Waals surface area contributed by atoms with Crippen molar-refractivity contribution < 1.29 is 29.5 Å². The fourth-order valence-electron chi connectivity index (χ4n) is 3.13. The highest BCUT2D eigenvalue weighted by Gasteiger charge is 2.21. The van der Waals surface area contributed by atoms with Gasteiger partial charge in [0, 0.05) is 48.5 Å². The van der Waals surface area contributed by atoms with Gasteiger partial charge >= 0.3 is 11.9 Å². The van der Waals surface area contributed by atoms with E-state index in [2.05, 4.69) is 15.3 Å². The molecule has 0 unspecified atom stereocenters. The van der Waals surface area contributed by atoms with E-state index in [4.69, 9.17) is 10.2 Å². The second-order valence-electron chi connectivity index (χ2n) is 8.10. The number of aliphatic carboxylic acids is 2. The summed E-state index contributed by atoms with van der Waals surface area (Å²) in [5.74, 6) is -2.30. The lowest BCUT2D eigenvalue weighted by Gasteiger charge is -2.15. The van der Waals surface area contributed by atoms with Crippen LogP contribution in [0.3, 0.4) is 0 Å². The predicted octanol–water partition coefficient (Wildman–Crippen LogP) is 3.03. The van der Waals surface area contributed by atoms with Gasteiger partial charge in [0.1, 0.15) is 0 Å². The van der Waals surface area contributed by atoms with E-state index in [0.717, 1.165) is 5.56 Å². The normalized spacial score (nSPS) is 10.5. The first kappa shape index (κ1) is 29.3. The van der Waals surface area contributed by atoms with Crippen molar-refractivity contribution >= 4 is 23.5 Å². The molecule has 12 heteroatoms. The van der Waals surface area contributed by atoms with Gasteiger partial charge in [0.2, 0.25) is 0 Å². The van der Waals surface area contributed by atoms with Crippen molar-refractivity contribution in [2.75, 3.05) is 27.2 Å². The van der Waals surface area contributed by atoms with Gasteiger partial charge in [-0.25, -0.2) is 19.6 Å². The minimum Gasteiger partial charge on any atom is -0.478 e. The van der Waals surface area contributed by atoms with E-state index in [0.29, 0.717) is 53.6 Å². The SMILES string of the molecule is Cc1nc(-c2ccccc2)nc(-c2ccc([N+](=O)[O-])cc2)c1C(=O)NCCN(C)C.O=C(O)C=CC(=O)O. The molecule has 0 saturated carbocycles. The largest absolute Gasteiger partial charge is 0.478 e. The number of aromatic nitrogens is 2. The van der Waals surface area contributed by atoms with E-state index in [1.54, 1.807) is 19.1 Å². The molecule has 2 aromatic carbocycles. The first-order valence-electron chi connectivity index (χ1n) is 11.2. The van der Waals surface area contributed by atoms with Crippen molar-refractivity contribution in [2.24, 2.45) is 0 Å². The van der Waals surface area contributed by atoms with Crippen LogP contribution in [0.5, 0.6) is 0 Å². The topological polar surface area (TPSA) is 176 Å². The number of carboxylic acids is 2. The second-order valence-corrected chi connectivity index (χ2v) is 8.10. The number of nitrogens with one attached hydrogen (secondary N) is 1. The van der Waals surface area contributed by atoms with Gasteiger partial charge in [-0.3, -0.25) is 14.9 Å². The number of carboxylic acid groups (broad SMARTS) is 2. The molecule has 1 heterocycles. The number of nitrogens with zero attached hydrogens (tertiary/aromatic N) is 4. The molecule has 1 amide bonds. The molecule has 0 atom stereocenters. The number of likely N-dealkylation sites (N-methyl/N-ethyl adjacent to an activating group) is 1. The zero-order valence-corrected chi connectivity index (χ0v) is 21.0. The summed E-state index contributed by atoms with van der Waals surface area (Å²) in [7, 11) is 3.86. The molecule has 0 radical (unpaired) electrons. The molecule has 0 aliphatic rings. The Labute approximate surface area is 218 Å². The fourth-order valence-corrected chi connectivity index (χ4v) is 3.13. The lowest BCUT2D eigenvalue weighted by molar-refractivity contribution is -0.384. The van der Waals surface area contributed by atoms with Crippen molar-refractivity contribution in [3.63, 3.8) is 0 Å². The Hall–Kier alpha value is -4.97. The van der Waals surface area contributed by atoms with E-state index in [1.807, 2.05) is 49.3 Å². The summed E-state index contributed by atoms with van der Waals surface area (Å²) in [5, 5.41) is 29.5. The molecular formula is C26H27N5O7. The lowest BCUT2D eigenvalue weighted by Crippen LogP contribution is -2.32. The number of nitro groups is 1. The van der Waals surface area contributed by atoms with Gasteiger partial charge in [0.05, 0.1) is 21.9 Å². The predicted molar refractivity (Wildman–Crippen MR) is 140 cm³/mol. The molecule has 38 heavy (non-hydrogen) atoms. The number of carbonyl (C=O) groups excluding carboxylic acids is 1. The molecule has 0 aliphatic carbocycles. The highest BCUT2D eigenvalue weighted by atomic mass is 16.6. The van der Waals surface area contributed by atoms with Crippen molar-refractivity contribution in [3.8, 4) is 22.6 Å². The Kier molecular flexibility index (Phi) is 10.7. The fraction of sp³-hybridized carbons (Fsp3) is 0.192. The minimum atomic E-state index is -1.26. The molecule has 0 spiro atoms. The summed E-state index contributed by atoms with van der Waals surface area (Å²) in [6, 6.07) is 15.5.